The lowest BCUT2D eigenvalue weighted by Gasteiger charge is -2.69. The van der Waals surface area contributed by atoms with Gasteiger partial charge in [0.25, 0.3) is 0 Å². The molecule has 8 heteroatoms. The molecule has 0 bridgehead atoms. The molecule has 2 heterocycles. The maximum atomic E-state index is 13.5. The van der Waals surface area contributed by atoms with Crippen molar-refractivity contribution < 1.29 is 33.6 Å². The molecule has 2 N–H and O–H groups in total. The van der Waals surface area contributed by atoms with Gasteiger partial charge in [-0.05, 0) is 56.7 Å². The maximum absolute atomic E-state index is 13.5. The lowest BCUT2D eigenvalue weighted by molar-refractivity contribution is -0.309. The number of methoxy groups -OCH3 is 2. The second-order valence-corrected chi connectivity index (χ2v) is 11.5. The number of hydrogen-bond acceptors (Lipinski definition) is 8. The molecule has 0 unspecified atom stereocenters. The monoisotopic (exact) mass is 498 g/mol. The van der Waals surface area contributed by atoms with E-state index in [0.29, 0.717) is 42.1 Å². The van der Waals surface area contributed by atoms with Gasteiger partial charge in [0.2, 0.25) is 0 Å². The summed E-state index contributed by atoms with van der Waals surface area (Å²) >= 11 is 0. The fourth-order valence-electron chi connectivity index (χ4n) is 6.98. The first-order valence-electron chi connectivity index (χ1n) is 12.3. The van der Waals surface area contributed by atoms with Gasteiger partial charge in [-0.25, -0.2) is 4.79 Å². The average Bonchev–Trinajstić information content (AvgIpc) is 2.84. The van der Waals surface area contributed by atoms with Gasteiger partial charge in [0.15, 0.2) is 11.5 Å². The fourth-order valence-corrected chi connectivity index (χ4v) is 6.98. The lowest BCUT2D eigenvalue weighted by atomic mass is 9.40. The quantitative estimate of drug-likeness (QED) is 0.659. The van der Waals surface area contributed by atoms with Gasteiger partial charge in [0.1, 0.15) is 28.5 Å². The van der Waals surface area contributed by atoms with Crippen LogP contribution in [0.4, 0.5) is 0 Å². The van der Waals surface area contributed by atoms with Crippen LogP contribution in [0.2, 0.25) is 0 Å². The minimum Gasteiger partial charge on any atom is -0.493 e. The van der Waals surface area contributed by atoms with E-state index in [0.717, 1.165) is 0 Å². The molecule has 1 aliphatic heterocycles. The highest BCUT2D eigenvalue weighted by atomic mass is 16.5. The summed E-state index contributed by atoms with van der Waals surface area (Å²) in [4.78, 5) is 26.7. The largest absolute Gasteiger partial charge is 0.493 e. The Labute approximate surface area is 210 Å². The van der Waals surface area contributed by atoms with Crippen molar-refractivity contribution in [2.45, 2.75) is 76.6 Å². The van der Waals surface area contributed by atoms with Gasteiger partial charge in [-0.3, -0.25) is 4.79 Å². The number of carbonyl (C=O) groups excluding carboxylic acids is 1. The molecule has 4 atom stereocenters. The highest BCUT2D eigenvalue weighted by Gasteiger charge is 2.78. The first-order valence-corrected chi connectivity index (χ1v) is 12.3. The Hall–Kier alpha value is -2.84. The number of aliphatic hydroxyl groups is 2. The maximum Gasteiger partial charge on any atom is 0.343 e. The molecule has 0 spiro atoms. The molecular formula is C28H34O8. The summed E-state index contributed by atoms with van der Waals surface area (Å²) in [5, 5.41) is 24.3. The Morgan fingerprint density at radius 1 is 0.889 bits per heavy atom. The molecule has 36 heavy (non-hydrogen) atoms. The van der Waals surface area contributed by atoms with Crippen molar-refractivity contribution in [3.8, 4) is 28.6 Å². The van der Waals surface area contributed by atoms with Crippen LogP contribution in [0.15, 0.2) is 33.5 Å². The van der Waals surface area contributed by atoms with E-state index in [2.05, 4.69) is 0 Å². The standard InChI is InChI=1S/C28H34O8/c1-24(2)10-9-22(29)26(4)27(24,31)12-11-25(3)28(26,32)15-17-20(36-25)14-19(35-23(17)30)16-7-8-18(33-5)21(13-16)34-6/h7-8,13-14,31-32H,9-12,15H2,1-6H3/t25-,26+,27-,28-/m0/s1. The number of benzene rings is 1. The SMILES string of the molecule is COc1ccc(-c2cc3c(c(=O)o2)C[C@@]2(O)[C@]4(C)C(=O)CCC(C)(C)[C@@]4(O)CC[C@]2(C)O3)cc1OC. The number of hydrogen-bond donors (Lipinski definition) is 2. The first kappa shape index (κ1) is 24.8. The van der Waals surface area contributed by atoms with Crippen LogP contribution < -0.4 is 19.8 Å². The third kappa shape index (κ3) is 2.88. The van der Waals surface area contributed by atoms with E-state index in [1.807, 2.05) is 13.8 Å². The highest BCUT2D eigenvalue weighted by Crippen LogP contribution is 2.66. The summed E-state index contributed by atoms with van der Waals surface area (Å²) in [7, 11) is 3.06. The molecule has 0 amide bonds. The van der Waals surface area contributed by atoms with Crippen molar-refractivity contribution in [2.75, 3.05) is 14.2 Å². The highest BCUT2D eigenvalue weighted by molar-refractivity contribution is 5.89. The van der Waals surface area contributed by atoms with Crippen LogP contribution >= 0.6 is 0 Å². The van der Waals surface area contributed by atoms with Gasteiger partial charge in [0, 0.05) is 24.5 Å². The summed E-state index contributed by atoms with van der Waals surface area (Å²) < 4.78 is 22.7. The predicted molar refractivity (Wildman–Crippen MR) is 132 cm³/mol. The Morgan fingerprint density at radius 3 is 2.25 bits per heavy atom. The molecule has 0 saturated heterocycles. The predicted octanol–water partition coefficient (Wildman–Crippen LogP) is 3.67. The summed E-state index contributed by atoms with van der Waals surface area (Å²) in [6, 6.07) is 6.80. The number of ketones is 1. The fraction of sp³-hybridized carbons (Fsp3) is 0.571. The molecule has 3 aliphatic rings. The molecule has 2 aliphatic carbocycles. The van der Waals surface area contributed by atoms with E-state index in [9.17, 15) is 19.8 Å². The van der Waals surface area contributed by atoms with Crippen LogP contribution in [0, 0.1) is 10.8 Å². The molecule has 2 fully saturated rings. The molecule has 1 aromatic heterocycles. The minimum atomic E-state index is -1.81. The van der Waals surface area contributed by atoms with Crippen LogP contribution in [0.1, 0.15) is 58.9 Å². The molecule has 5 rings (SSSR count). The number of Topliss-reactive ketones (excluding diaryl/α,β-unsaturated/α-hetero) is 1. The zero-order valence-corrected chi connectivity index (χ0v) is 21.7. The van der Waals surface area contributed by atoms with Crippen molar-refractivity contribution in [2.24, 2.45) is 10.8 Å². The molecule has 194 valence electrons. The number of carbonyl (C=O) groups is 1. The van der Waals surface area contributed by atoms with Crippen LogP contribution in [0.25, 0.3) is 11.3 Å². The number of rotatable bonds is 3. The molecule has 2 aromatic rings. The van der Waals surface area contributed by atoms with Gasteiger partial charge in [-0.2, -0.15) is 0 Å². The van der Waals surface area contributed by atoms with Gasteiger partial charge in [0.05, 0.1) is 30.8 Å². The van der Waals surface area contributed by atoms with E-state index in [-0.39, 0.29) is 29.9 Å². The minimum absolute atomic E-state index is 0.154. The van der Waals surface area contributed by atoms with Gasteiger partial charge >= 0.3 is 5.63 Å². The third-order valence-corrected chi connectivity index (χ3v) is 9.59. The second kappa shape index (κ2) is 7.59. The summed E-state index contributed by atoms with van der Waals surface area (Å²) in [5.74, 6) is 1.40. The van der Waals surface area contributed by atoms with E-state index < -0.39 is 33.3 Å². The molecule has 2 saturated carbocycles. The van der Waals surface area contributed by atoms with Gasteiger partial charge < -0.3 is 28.8 Å². The van der Waals surface area contributed by atoms with Crippen LogP contribution in [0.5, 0.6) is 17.2 Å². The van der Waals surface area contributed by atoms with E-state index >= 15 is 0 Å². The van der Waals surface area contributed by atoms with Crippen molar-refractivity contribution in [3.05, 3.63) is 40.2 Å². The number of ether oxygens (including phenoxy) is 3. The van der Waals surface area contributed by atoms with Gasteiger partial charge in [-0.15, -0.1) is 0 Å². The topological polar surface area (TPSA) is 115 Å². The molecular weight excluding hydrogens is 464 g/mol. The second-order valence-electron chi connectivity index (χ2n) is 11.5. The molecule has 1 aromatic carbocycles. The zero-order valence-electron chi connectivity index (χ0n) is 21.7. The number of fused-ring (bicyclic) bond motifs is 4. The Morgan fingerprint density at radius 2 is 1.58 bits per heavy atom. The zero-order chi connectivity index (χ0) is 26.3. The lowest BCUT2D eigenvalue weighted by Crippen LogP contribution is -2.82. The normalized spacial score (nSPS) is 34.6. The van der Waals surface area contributed by atoms with Crippen LogP contribution in [-0.4, -0.2) is 47.0 Å². The summed E-state index contributed by atoms with van der Waals surface area (Å²) in [6.07, 6.45) is 1.22. The van der Waals surface area contributed by atoms with Gasteiger partial charge in [-0.1, -0.05) is 13.8 Å². The Balaban J connectivity index is 1.64. The summed E-state index contributed by atoms with van der Waals surface area (Å²) in [5.41, 5.74) is -6.51. The Kier molecular flexibility index (Phi) is 5.23. The van der Waals surface area contributed by atoms with Crippen molar-refractivity contribution in [1.29, 1.82) is 0 Å². The molecule has 0 radical (unpaired) electrons. The Bertz CT molecular complexity index is 1310. The summed E-state index contributed by atoms with van der Waals surface area (Å²) in [6.45, 7) is 7.28. The van der Waals surface area contributed by atoms with E-state index in [1.165, 1.54) is 14.2 Å². The van der Waals surface area contributed by atoms with Crippen molar-refractivity contribution in [3.63, 3.8) is 0 Å². The molecule has 8 nitrogen and oxygen atoms in total. The first-order chi connectivity index (χ1) is 16.8. The average molecular weight is 499 g/mol. The van der Waals surface area contributed by atoms with Crippen LogP contribution in [0.3, 0.4) is 0 Å². The van der Waals surface area contributed by atoms with Crippen LogP contribution in [-0.2, 0) is 11.2 Å². The third-order valence-electron chi connectivity index (χ3n) is 9.59. The smallest absolute Gasteiger partial charge is 0.343 e. The van der Waals surface area contributed by atoms with E-state index in [1.54, 1.807) is 38.1 Å². The van der Waals surface area contributed by atoms with Crippen molar-refractivity contribution >= 4 is 5.78 Å². The van der Waals surface area contributed by atoms with Crippen molar-refractivity contribution in [1.82, 2.24) is 0 Å². The van der Waals surface area contributed by atoms with E-state index in [4.69, 9.17) is 18.6 Å².